The molecule has 0 saturated carbocycles. The molecule has 1 aliphatic heterocycles. The number of hydrogen-bond donors (Lipinski definition) is 2. The summed E-state index contributed by atoms with van der Waals surface area (Å²) in [6, 6.07) is 0.992. The lowest BCUT2D eigenvalue weighted by Crippen LogP contribution is -2.49. The van der Waals surface area contributed by atoms with Crippen LogP contribution >= 0.6 is 28.3 Å². The summed E-state index contributed by atoms with van der Waals surface area (Å²) in [6.45, 7) is -0.996. The average Bonchev–Trinajstić information content (AvgIpc) is 2.35. The van der Waals surface area contributed by atoms with Gasteiger partial charge in [0.05, 0.1) is 11.6 Å². The van der Waals surface area contributed by atoms with E-state index in [2.05, 4.69) is 26.0 Å². The molecule has 1 aliphatic rings. The Balaban J connectivity index is 0.00000200. The van der Waals surface area contributed by atoms with Crippen LogP contribution in [-0.2, 0) is 4.74 Å². The van der Waals surface area contributed by atoms with Crippen LogP contribution < -0.4 is 10.1 Å². The Labute approximate surface area is 127 Å². The lowest BCUT2D eigenvalue weighted by Gasteiger charge is -2.32. The number of aromatic hydroxyl groups is 1. The third kappa shape index (κ3) is 3.06. The number of amides is 1. The highest BCUT2D eigenvalue weighted by atomic mass is 79.9. The van der Waals surface area contributed by atoms with E-state index >= 15 is 0 Å². The molecule has 1 heterocycles. The van der Waals surface area contributed by atoms with Crippen LogP contribution in [0.25, 0.3) is 0 Å². The van der Waals surface area contributed by atoms with Crippen LogP contribution in [-0.4, -0.2) is 30.8 Å². The molecule has 0 bridgehead atoms. The average molecular weight is 375 g/mol. The highest BCUT2D eigenvalue weighted by molar-refractivity contribution is 9.10. The second-order valence-corrected chi connectivity index (χ2v) is 4.82. The largest absolute Gasteiger partial charge is 0.503 e. The van der Waals surface area contributed by atoms with Crippen molar-refractivity contribution in [3.05, 3.63) is 22.2 Å². The maximum Gasteiger partial charge on any atom is 0.408 e. The summed E-state index contributed by atoms with van der Waals surface area (Å²) in [5, 5.41) is 11.7. The van der Waals surface area contributed by atoms with E-state index in [0.29, 0.717) is 0 Å². The minimum Gasteiger partial charge on any atom is -0.503 e. The molecule has 9 heteroatoms. The van der Waals surface area contributed by atoms with Gasteiger partial charge in [-0.3, -0.25) is 0 Å². The number of phenolic OH excluding ortho intramolecular Hbond substituents is 1. The Bertz CT molecular complexity index is 529. The number of nitrogens with one attached hydrogen (secondary N) is 1. The summed E-state index contributed by atoms with van der Waals surface area (Å²) in [4.78, 5) is 11.1. The van der Waals surface area contributed by atoms with Gasteiger partial charge in [-0.1, -0.05) is 0 Å². The Kier molecular flexibility index (Phi) is 5.04. The number of hydrogen-bond acceptors (Lipinski definition) is 4. The first-order valence-electron chi connectivity index (χ1n) is 5.22. The minimum atomic E-state index is -3.25. The van der Waals surface area contributed by atoms with Gasteiger partial charge in [0.2, 0.25) is 0 Å². The highest BCUT2D eigenvalue weighted by Gasteiger charge is 2.47. The Hall–Kier alpha value is -1.28. The fraction of sp³-hybridized carbons (Fsp3) is 0.364. The van der Waals surface area contributed by atoms with Crippen LogP contribution in [0, 0.1) is 0 Å². The summed E-state index contributed by atoms with van der Waals surface area (Å²) in [5.41, 5.74) is 0.100. The van der Waals surface area contributed by atoms with Gasteiger partial charge in [0.1, 0.15) is 6.04 Å². The van der Waals surface area contributed by atoms with Gasteiger partial charge in [0.15, 0.2) is 18.1 Å². The first kappa shape index (κ1) is 16.8. The first-order valence-corrected chi connectivity index (χ1v) is 6.02. The van der Waals surface area contributed by atoms with Gasteiger partial charge in [-0.2, -0.15) is 0 Å². The van der Waals surface area contributed by atoms with Gasteiger partial charge in [-0.25, -0.2) is 13.6 Å². The third-order valence-electron chi connectivity index (χ3n) is 2.68. The van der Waals surface area contributed by atoms with Crippen LogP contribution in [0.15, 0.2) is 16.6 Å². The molecule has 1 atom stereocenters. The van der Waals surface area contributed by atoms with Gasteiger partial charge in [0.25, 0.3) is 0 Å². The van der Waals surface area contributed by atoms with E-state index in [1.807, 2.05) is 0 Å². The van der Waals surface area contributed by atoms with Gasteiger partial charge in [0, 0.05) is 0 Å². The lowest BCUT2D eigenvalue weighted by molar-refractivity contribution is -0.104. The summed E-state index contributed by atoms with van der Waals surface area (Å²) in [6.07, 6.45) is -0.918. The van der Waals surface area contributed by atoms with Crippen molar-refractivity contribution < 1.29 is 28.2 Å². The Morgan fingerprint density at radius 3 is 2.80 bits per heavy atom. The summed E-state index contributed by atoms with van der Waals surface area (Å²) in [7, 11) is 1.30. The zero-order chi connectivity index (χ0) is 14.2. The van der Waals surface area contributed by atoms with E-state index in [1.165, 1.54) is 19.2 Å². The maximum atomic E-state index is 13.7. The van der Waals surface area contributed by atoms with E-state index in [1.54, 1.807) is 0 Å². The number of benzene rings is 1. The molecular weight excluding hydrogens is 363 g/mol. The molecule has 0 radical (unpaired) electrons. The quantitative estimate of drug-likeness (QED) is 0.835. The monoisotopic (exact) mass is 373 g/mol. The van der Waals surface area contributed by atoms with Crippen molar-refractivity contribution >= 4 is 34.4 Å². The molecule has 0 aliphatic carbocycles. The van der Waals surface area contributed by atoms with Crippen LogP contribution in [0.3, 0.4) is 0 Å². The van der Waals surface area contributed by atoms with Crippen LogP contribution in [0.4, 0.5) is 13.6 Å². The highest BCUT2D eigenvalue weighted by Crippen LogP contribution is 2.41. The third-order valence-corrected chi connectivity index (χ3v) is 3.29. The number of rotatable bonds is 2. The summed E-state index contributed by atoms with van der Waals surface area (Å²) < 4.78 is 36.8. The Morgan fingerprint density at radius 2 is 2.20 bits per heavy atom. The van der Waals surface area contributed by atoms with E-state index in [0.717, 1.165) is 0 Å². The molecule has 20 heavy (non-hydrogen) atoms. The zero-order valence-corrected chi connectivity index (χ0v) is 12.6. The van der Waals surface area contributed by atoms with Crippen molar-refractivity contribution in [1.29, 1.82) is 0 Å². The molecule has 112 valence electrons. The van der Waals surface area contributed by atoms with Crippen LogP contribution in [0.5, 0.6) is 11.5 Å². The number of ether oxygens (including phenoxy) is 2. The predicted molar refractivity (Wildman–Crippen MR) is 71.8 cm³/mol. The fourth-order valence-electron chi connectivity index (χ4n) is 1.75. The van der Waals surface area contributed by atoms with Gasteiger partial charge >= 0.3 is 12.0 Å². The number of phenols is 1. The number of halogens is 4. The van der Waals surface area contributed by atoms with Crippen molar-refractivity contribution in [2.45, 2.75) is 12.0 Å². The zero-order valence-electron chi connectivity index (χ0n) is 10.2. The summed E-state index contributed by atoms with van der Waals surface area (Å²) >= 11 is 3.04. The van der Waals surface area contributed by atoms with Gasteiger partial charge in [-0.15, -0.1) is 12.4 Å². The molecule has 1 aromatic carbocycles. The van der Waals surface area contributed by atoms with E-state index in [4.69, 9.17) is 4.74 Å². The minimum absolute atomic E-state index is 0. The van der Waals surface area contributed by atoms with Crippen molar-refractivity contribution in [1.82, 2.24) is 5.32 Å². The predicted octanol–water partition coefficient (Wildman–Crippen LogP) is 3.00. The second kappa shape index (κ2) is 6.01. The molecule has 0 spiro atoms. The smallest absolute Gasteiger partial charge is 0.408 e. The van der Waals surface area contributed by atoms with Crippen molar-refractivity contribution in [3.8, 4) is 11.5 Å². The van der Waals surface area contributed by atoms with Gasteiger partial charge in [-0.05, 0) is 33.6 Å². The molecule has 0 unspecified atom stereocenters. The standard InChI is InChI=1S/C11H10BrF2NO4.ClH/c1-18-7-3-5(2-6(12)8(7)16)9-11(13,14)4-19-10(17)15-9;/h2-3,9,16H,4H2,1H3,(H,15,17);1H/t9-;/m1./s1. The number of cyclic esters (lactones) is 1. The van der Waals surface area contributed by atoms with E-state index in [-0.39, 0.29) is 33.9 Å². The van der Waals surface area contributed by atoms with Gasteiger partial charge < -0.3 is 19.9 Å². The second-order valence-electron chi connectivity index (χ2n) is 3.97. The molecular formula is C11H11BrClF2NO4. The number of carbonyl (C=O) groups excluding carboxylic acids is 1. The van der Waals surface area contributed by atoms with Crippen LogP contribution in [0.2, 0.25) is 0 Å². The fourth-order valence-corrected chi connectivity index (χ4v) is 2.21. The lowest BCUT2D eigenvalue weighted by atomic mass is 9.99. The van der Waals surface area contributed by atoms with E-state index < -0.39 is 24.7 Å². The molecule has 5 nitrogen and oxygen atoms in total. The first-order chi connectivity index (χ1) is 8.85. The molecule has 1 fully saturated rings. The maximum absolute atomic E-state index is 13.7. The summed E-state index contributed by atoms with van der Waals surface area (Å²) in [5.74, 6) is -3.43. The van der Waals surface area contributed by atoms with Crippen molar-refractivity contribution in [3.63, 3.8) is 0 Å². The molecule has 1 aromatic rings. The molecule has 1 saturated heterocycles. The SMILES string of the molecule is COc1cc([C@H]2NC(=O)OCC2(F)F)cc(Br)c1O.Cl. The Morgan fingerprint density at radius 1 is 1.55 bits per heavy atom. The topological polar surface area (TPSA) is 67.8 Å². The normalized spacial score (nSPS) is 20.4. The number of alkyl halides is 2. The number of carbonyl (C=O) groups is 1. The van der Waals surface area contributed by atoms with Crippen molar-refractivity contribution in [2.24, 2.45) is 0 Å². The van der Waals surface area contributed by atoms with Crippen LogP contribution in [0.1, 0.15) is 11.6 Å². The number of alkyl carbamates (subject to hydrolysis) is 1. The number of methoxy groups -OCH3 is 1. The molecule has 0 aromatic heterocycles. The molecule has 2 rings (SSSR count). The molecule has 2 N–H and O–H groups in total. The van der Waals surface area contributed by atoms with E-state index in [9.17, 15) is 18.7 Å². The van der Waals surface area contributed by atoms with Crippen molar-refractivity contribution in [2.75, 3.05) is 13.7 Å². The molecule has 1 amide bonds.